The summed E-state index contributed by atoms with van der Waals surface area (Å²) in [6, 6.07) is 24.3. The zero-order valence-corrected chi connectivity index (χ0v) is 24.7. The fraction of sp³-hybridized carbons (Fsp3) is 0.133. The molecule has 44 heavy (non-hydrogen) atoms. The number of halogens is 1. The molecule has 2 aliphatic heterocycles. The second-order valence-electron chi connectivity index (χ2n) is 9.58. The summed E-state index contributed by atoms with van der Waals surface area (Å²) < 4.78 is 0.748. The number of amides is 2. The molecule has 0 unspecified atom stereocenters. The van der Waals surface area contributed by atoms with Crippen LogP contribution >= 0.6 is 15.9 Å². The molecule has 0 atom stereocenters. The summed E-state index contributed by atoms with van der Waals surface area (Å²) >= 11 is 3.29. The Balaban J connectivity index is 0.000000162. The number of carbonyl (C=O) groups is 2. The molecule has 2 amide bonds. The molecule has 0 radical (unpaired) electrons. The molecule has 224 valence electrons. The second-order valence-corrected chi connectivity index (χ2v) is 10.4. The van der Waals surface area contributed by atoms with E-state index in [1.165, 1.54) is 12.1 Å². The summed E-state index contributed by atoms with van der Waals surface area (Å²) in [5.41, 5.74) is 3.97. The Hall–Kier alpha value is -4.92. The highest BCUT2D eigenvalue weighted by atomic mass is 79.9. The monoisotopic (exact) mass is 660 g/mol. The fourth-order valence-electron chi connectivity index (χ4n) is 4.85. The van der Waals surface area contributed by atoms with Gasteiger partial charge in [0.2, 0.25) is 0 Å². The number of nitro groups is 2. The highest BCUT2D eigenvalue weighted by molar-refractivity contribution is 9.10. The predicted octanol–water partition coefficient (Wildman–Crippen LogP) is 3.56. The van der Waals surface area contributed by atoms with Crippen molar-refractivity contribution in [3.05, 3.63) is 132 Å². The average Bonchev–Trinajstić information content (AvgIpc) is 3.02. The lowest BCUT2D eigenvalue weighted by molar-refractivity contribution is -0.385. The van der Waals surface area contributed by atoms with Crippen molar-refractivity contribution in [3.63, 3.8) is 0 Å². The Morgan fingerprint density at radius 2 is 1.16 bits per heavy atom. The van der Waals surface area contributed by atoms with Gasteiger partial charge in [0.05, 0.1) is 9.85 Å². The van der Waals surface area contributed by atoms with Crippen molar-refractivity contribution in [2.75, 3.05) is 13.1 Å². The molecule has 4 N–H and O–H groups in total. The Kier molecular flexibility index (Phi) is 10.6. The smallest absolute Gasteiger partial charge is 0.423 e. The molecule has 0 aliphatic carbocycles. The molecular weight excluding hydrogens is 635 g/mol. The summed E-state index contributed by atoms with van der Waals surface area (Å²) in [6.07, 6.45) is 1.22. The lowest BCUT2D eigenvalue weighted by Gasteiger charge is -2.19. The summed E-state index contributed by atoms with van der Waals surface area (Å²) in [6.45, 7) is 1.03. The third-order valence-electron chi connectivity index (χ3n) is 6.88. The number of fused-ring (bicyclic) bond motifs is 2. The van der Waals surface area contributed by atoms with Crippen LogP contribution in [-0.4, -0.2) is 51.9 Å². The molecule has 0 saturated heterocycles. The van der Waals surface area contributed by atoms with E-state index in [2.05, 4.69) is 26.6 Å². The Bertz CT molecular complexity index is 1700. The van der Waals surface area contributed by atoms with Crippen molar-refractivity contribution in [1.82, 2.24) is 10.6 Å². The maximum Gasteiger partial charge on any atom is 0.488 e. The summed E-state index contributed by atoms with van der Waals surface area (Å²) in [7, 11) is -1.34. The van der Waals surface area contributed by atoms with Gasteiger partial charge in [-0.15, -0.1) is 0 Å². The molecule has 12 nitrogen and oxygen atoms in total. The van der Waals surface area contributed by atoms with Crippen LogP contribution in [0.4, 0.5) is 11.4 Å². The maximum atomic E-state index is 12.0. The van der Waals surface area contributed by atoms with Gasteiger partial charge in [0.1, 0.15) is 11.1 Å². The molecule has 2 aliphatic rings. The van der Waals surface area contributed by atoms with Gasteiger partial charge in [-0.25, -0.2) is 0 Å². The Morgan fingerprint density at radius 1 is 0.682 bits per heavy atom. The van der Waals surface area contributed by atoms with E-state index in [1.54, 1.807) is 36.4 Å². The topological polar surface area (TPSA) is 185 Å². The molecular formula is C30H26BBrN4O8. The largest absolute Gasteiger partial charge is 0.488 e. The van der Waals surface area contributed by atoms with Crippen molar-refractivity contribution in [3.8, 4) is 11.1 Å². The molecule has 0 aromatic heterocycles. The quantitative estimate of drug-likeness (QED) is 0.145. The summed E-state index contributed by atoms with van der Waals surface area (Å²) in [4.78, 5) is 44.3. The van der Waals surface area contributed by atoms with E-state index in [-0.39, 0.29) is 34.3 Å². The highest BCUT2D eigenvalue weighted by Gasteiger charge is 2.30. The van der Waals surface area contributed by atoms with Crippen LogP contribution in [0.5, 0.6) is 0 Å². The van der Waals surface area contributed by atoms with Gasteiger partial charge in [-0.05, 0) is 52.7 Å². The second kappa shape index (κ2) is 14.5. The van der Waals surface area contributed by atoms with Gasteiger partial charge in [0.15, 0.2) is 0 Å². The number of benzene rings is 4. The maximum absolute atomic E-state index is 12.0. The zero-order chi connectivity index (χ0) is 31.8. The van der Waals surface area contributed by atoms with Crippen LogP contribution in [0.25, 0.3) is 11.1 Å². The van der Waals surface area contributed by atoms with Crippen molar-refractivity contribution in [2.24, 2.45) is 0 Å². The van der Waals surface area contributed by atoms with E-state index in [0.717, 1.165) is 21.2 Å². The number of hydrogen-bond acceptors (Lipinski definition) is 8. The highest BCUT2D eigenvalue weighted by Crippen LogP contribution is 2.34. The summed E-state index contributed by atoms with van der Waals surface area (Å²) in [5, 5.41) is 44.3. The first kappa shape index (κ1) is 32.0. The van der Waals surface area contributed by atoms with Crippen LogP contribution in [0.1, 0.15) is 31.8 Å². The van der Waals surface area contributed by atoms with E-state index in [1.807, 2.05) is 36.4 Å². The van der Waals surface area contributed by atoms with Crippen LogP contribution in [0.15, 0.2) is 89.4 Å². The minimum Gasteiger partial charge on any atom is -0.423 e. The number of nitrogens with one attached hydrogen (secondary N) is 2. The van der Waals surface area contributed by atoms with E-state index >= 15 is 0 Å². The van der Waals surface area contributed by atoms with E-state index in [4.69, 9.17) is 10.0 Å². The first-order valence-corrected chi connectivity index (χ1v) is 14.2. The number of nitrogens with zero attached hydrogens (tertiary/aromatic N) is 2. The van der Waals surface area contributed by atoms with Gasteiger partial charge >= 0.3 is 7.12 Å². The Morgan fingerprint density at radius 3 is 1.66 bits per heavy atom. The SMILES string of the molecule is O=C1NCCc2c(-c3ccccc3)ccc([N+](=O)[O-])c21.O=C1NCCc2c(Br)ccc([N+](=O)[O-])c21.OB(O)c1ccccc1. The van der Waals surface area contributed by atoms with Crippen molar-refractivity contribution in [2.45, 2.75) is 12.8 Å². The normalized spacial score (nSPS) is 12.9. The third-order valence-corrected chi connectivity index (χ3v) is 7.62. The minimum absolute atomic E-state index is 0.128. The van der Waals surface area contributed by atoms with Crippen molar-refractivity contribution >= 4 is 51.7 Å². The van der Waals surface area contributed by atoms with Crippen LogP contribution in [0, 0.1) is 20.2 Å². The average molecular weight is 661 g/mol. The fourth-order valence-corrected chi connectivity index (χ4v) is 5.38. The van der Waals surface area contributed by atoms with Crippen molar-refractivity contribution in [1.29, 1.82) is 0 Å². The molecule has 6 rings (SSSR count). The van der Waals surface area contributed by atoms with Crippen LogP contribution in [0.3, 0.4) is 0 Å². The lowest BCUT2D eigenvalue weighted by Crippen LogP contribution is -2.32. The molecule has 0 spiro atoms. The van der Waals surface area contributed by atoms with E-state index in [0.29, 0.717) is 37.0 Å². The minimum atomic E-state index is -1.34. The molecule has 0 saturated carbocycles. The number of rotatable bonds is 4. The molecule has 14 heteroatoms. The van der Waals surface area contributed by atoms with Gasteiger partial charge in [-0.2, -0.15) is 0 Å². The van der Waals surface area contributed by atoms with Gasteiger partial charge in [0, 0.05) is 29.7 Å². The summed E-state index contributed by atoms with van der Waals surface area (Å²) in [5.74, 6) is -0.736. The van der Waals surface area contributed by atoms with Gasteiger partial charge in [-0.3, -0.25) is 29.8 Å². The standard InChI is InChI=1S/C15H12N2O3.C9H7BrN2O3.C6H7BO2/c18-15-14-12(8-9-16-15)11(6-7-13(14)17(19)20)10-4-2-1-3-5-10;10-6-1-2-7(12(14)15)8-5(6)3-4-11-9(8)13;8-7(9)6-4-2-1-3-5-6/h1-7H,8-9H2,(H,16,18);1-2H,3-4H2,(H,11,13);1-5,8-9H. The molecule has 4 aromatic carbocycles. The van der Waals surface area contributed by atoms with Gasteiger partial charge < -0.3 is 20.7 Å². The number of hydrogen-bond donors (Lipinski definition) is 4. The molecule has 4 aromatic rings. The first-order chi connectivity index (χ1) is 21.1. The van der Waals surface area contributed by atoms with Crippen molar-refractivity contribution < 1.29 is 29.5 Å². The van der Waals surface area contributed by atoms with Crippen LogP contribution in [-0.2, 0) is 12.8 Å². The van der Waals surface area contributed by atoms with Crippen LogP contribution in [0.2, 0.25) is 0 Å². The van der Waals surface area contributed by atoms with Crippen LogP contribution < -0.4 is 16.1 Å². The zero-order valence-electron chi connectivity index (χ0n) is 23.1. The van der Waals surface area contributed by atoms with Gasteiger partial charge in [-0.1, -0.05) is 76.6 Å². The van der Waals surface area contributed by atoms with E-state index in [9.17, 15) is 29.8 Å². The Labute approximate surface area is 260 Å². The number of carbonyl (C=O) groups excluding carboxylic acids is 2. The van der Waals surface area contributed by atoms with E-state index < -0.39 is 17.0 Å². The first-order valence-electron chi connectivity index (χ1n) is 13.4. The molecule has 0 bridgehead atoms. The lowest BCUT2D eigenvalue weighted by atomic mass is 9.81. The number of nitro benzene ring substituents is 2. The predicted molar refractivity (Wildman–Crippen MR) is 168 cm³/mol. The third kappa shape index (κ3) is 7.34. The van der Waals surface area contributed by atoms with Gasteiger partial charge in [0.25, 0.3) is 23.2 Å². The molecule has 2 heterocycles. The molecule has 0 fully saturated rings.